The molecule has 2 N–H and O–H groups in total. The Hall–Kier alpha value is -0.610. The van der Waals surface area contributed by atoms with E-state index in [-0.39, 0.29) is 11.5 Å². The summed E-state index contributed by atoms with van der Waals surface area (Å²) in [4.78, 5) is 11.5. The van der Waals surface area contributed by atoms with Crippen LogP contribution in [0.4, 0.5) is 0 Å². The molecule has 0 bridgehead atoms. The molecule has 0 spiro atoms. The summed E-state index contributed by atoms with van der Waals surface area (Å²) in [5, 5.41) is 6.22. The fourth-order valence-electron chi connectivity index (χ4n) is 2.11. The Balaban J connectivity index is 2.15. The van der Waals surface area contributed by atoms with Crippen LogP contribution >= 0.6 is 0 Å². The summed E-state index contributed by atoms with van der Waals surface area (Å²) in [6.07, 6.45) is 4.12. The smallest absolute Gasteiger partial charge is 0.233 e. The number of amides is 1. The second-order valence-electron chi connectivity index (χ2n) is 5.38. The van der Waals surface area contributed by atoms with Crippen LogP contribution in [-0.4, -0.2) is 37.2 Å². The first-order valence-corrected chi connectivity index (χ1v) is 6.67. The standard InChI is InChI=1S/C13H26N2O2/c1-4-5-7-14-12(16)10-15-11-6-8-17-13(2,3)9-11/h11,15H,4-10H2,1-3H3,(H,14,16). The van der Waals surface area contributed by atoms with Crippen molar-refractivity contribution in [1.29, 1.82) is 0 Å². The third-order valence-corrected chi connectivity index (χ3v) is 3.10. The zero-order valence-corrected chi connectivity index (χ0v) is 11.3. The lowest BCUT2D eigenvalue weighted by molar-refractivity contribution is -0.120. The lowest BCUT2D eigenvalue weighted by atomic mass is 9.94. The van der Waals surface area contributed by atoms with Crippen molar-refractivity contribution in [3.63, 3.8) is 0 Å². The number of ether oxygens (including phenoxy) is 1. The van der Waals surface area contributed by atoms with Crippen molar-refractivity contribution in [2.24, 2.45) is 0 Å². The highest BCUT2D eigenvalue weighted by atomic mass is 16.5. The van der Waals surface area contributed by atoms with Crippen molar-refractivity contribution in [3.8, 4) is 0 Å². The molecule has 4 nitrogen and oxygen atoms in total. The second-order valence-corrected chi connectivity index (χ2v) is 5.38. The molecule has 1 heterocycles. The molecule has 17 heavy (non-hydrogen) atoms. The number of nitrogens with one attached hydrogen (secondary N) is 2. The summed E-state index contributed by atoms with van der Waals surface area (Å²) in [6, 6.07) is 0.399. The second kappa shape index (κ2) is 6.97. The molecular formula is C13H26N2O2. The molecule has 1 rings (SSSR count). The van der Waals surface area contributed by atoms with E-state index in [9.17, 15) is 4.79 Å². The van der Waals surface area contributed by atoms with E-state index >= 15 is 0 Å². The zero-order valence-electron chi connectivity index (χ0n) is 11.3. The molecule has 1 saturated heterocycles. The highest BCUT2D eigenvalue weighted by molar-refractivity contribution is 5.77. The van der Waals surface area contributed by atoms with Gasteiger partial charge in [-0.05, 0) is 33.1 Å². The van der Waals surface area contributed by atoms with Gasteiger partial charge in [0.1, 0.15) is 0 Å². The summed E-state index contributed by atoms with van der Waals surface area (Å²) in [5.74, 6) is 0.0998. The maximum Gasteiger partial charge on any atom is 0.233 e. The Morgan fingerprint density at radius 1 is 1.47 bits per heavy atom. The third kappa shape index (κ3) is 6.03. The average molecular weight is 242 g/mol. The fourth-order valence-corrected chi connectivity index (χ4v) is 2.11. The van der Waals surface area contributed by atoms with Gasteiger partial charge in [-0.2, -0.15) is 0 Å². The Morgan fingerprint density at radius 3 is 2.88 bits per heavy atom. The molecule has 1 unspecified atom stereocenters. The van der Waals surface area contributed by atoms with Crippen molar-refractivity contribution in [3.05, 3.63) is 0 Å². The Labute approximate surface area is 104 Å². The molecule has 100 valence electrons. The van der Waals surface area contributed by atoms with E-state index in [1.165, 1.54) is 0 Å². The fraction of sp³-hybridized carbons (Fsp3) is 0.923. The maximum atomic E-state index is 11.5. The molecule has 0 aromatic heterocycles. The number of unbranched alkanes of at least 4 members (excludes halogenated alkanes) is 1. The molecule has 0 saturated carbocycles. The number of hydrogen-bond donors (Lipinski definition) is 2. The van der Waals surface area contributed by atoms with E-state index in [0.29, 0.717) is 12.6 Å². The van der Waals surface area contributed by atoms with Gasteiger partial charge >= 0.3 is 0 Å². The zero-order chi connectivity index (χ0) is 12.7. The van der Waals surface area contributed by atoms with Crippen LogP contribution in [0.3, 0.4) is 0 Å². The largest absolute Gasteiger partial charge is 0.375 e. The van der Waals surface area contributed by atoms with Gasteiger partial charge in [-0.1, -0.05) is 13.3 Å². The predicted molar refractivity (Wildman–Crippen MR) is 69.0 cm³/mol. The van der Waals surface area contributed by atoms with E-state index in [1.54, 1.807) is 0 Å². The lowest BCUT2D eigenvalue weighted by Crippen LogP contribution is -2.46. The van der Waals surface area contributed by atoms with Gasteiger partial charge in [-0.25, -0.2) is 0 Å². The van der Waals surface area contributed by atoms with Crippen molar-refractivity contribution < 1.29 is 9.53 Å². The van der Waals surface area contributed by atoms with E-state index in [2.05, 4.69) is 31.4 Å². The Bertz CT molecular complexity index is 242. The summed E-state index contributed by atoms with van der Waals surface area (Å²) >= 11 is 0. The Kier molecular flexibility index (Phi) is 5.92. The molecule has 1 atom stereocenters. The van der Waals surface area contributed by atoms with Crippen LogP contribution in [0.1, 0.15) is 46.5 Å². The van der Waals surface area contributed by atoms with Crippen LogP contribution in [0.25, 0.3) is 0 Å². The molecule has 1 fully saturated rings. The van der Waals surface area contributed by atoms with Crippen molar-refractivity contribution in [2.45, 2.75) is 58.1 Å². The van der Waals surface area contributed by atoms with Crippen LogP contribution < -0.4 is 10.6 Å². The minimum absolute atomic E-state index is 0.0609. The van der Waals surface area contributed by atoms with Crippen molar-refractivity contribution in [1.82, 2.24) is 10.6 Å². The monoisotopic (exact) mass is 242 g/mol. The van der Waals surface area contributed by atoms with Crippen LogP contribution in [-0.2, 0) is 9.53 Å². The summed E-state index contributed by atoms with van der Waals surface area (Å²) in [7, 11) is 0. The van der Waals surface area contributed by atoms with Crippen LogP contribution in [0.15, 0.2) is 0 Å². The molecule has 4 heteroatoms. The molecule has 1 aliphatic rings. The van der Waals surface area contributed by atoms with E-state index in [4.69, 9.17) is 4.74 Å². The number of carbonyl (C=O) groups is 1. The molecule has 1 amide bonds. The van der Waals surface area contributed by atoms with Crippen LogP contribution in [0.2, 0.25) is 0 Å². The highest BCUT2D eigenvalue weighted by Gasteiger charge is 2.28. The summed E-state index contributed by atoms with van der Waals surface area (Å²) in [6.45, 7) is 8.31. The van der Waals surface area contributed by atoms with Crippen molar-refractivity contribution >= 4 is 5.91 Å². The Morgan fingerprint density at radius 2 is 2.24 bits per heavy atom. The molecule has 0 aromatic rings. The van der Waals surface area contributed by atoms with Crippen LogP contribution in [0.5, 0.6) is 0 Å². The van der Waals surface area contributed by atoms with Crippen LogP contribution in [0, 0.1) is 0 Å². The third-order valence-electron chi connectivity index (χ3n) is 3.10. The first-order valence-electron chi connectivity index (χ1n) is 6.67. The average Bonchev–Trinajstić information content (AvgIpc) is 2.25. The number of rotatable bonds is 6. The van der Waals surface area contributed by atoms with Gasteiger partial charge in [0, 0.05) is 19.2 Å². The summed E-state index contributed by atoms with van der Waals surface area (Å²) in [5.41, 5.74) is -0.0609. The minimum Gasteiger partial charge on any atom is -0.375 e. The van der Waals surface area contributed by atoms with Gasteiger partial charge in [-0.15, -0.1) is 0 Å². The van der Waals surface area contributed by atoms with E-state index < -0.39 is 0 Å². The molecule has 0 aromatic carbocycles. The predicted octanol–water partition coefficient (Wildman–Crippen LogP) is 1.45. The lowest BCUT2D eigenvalue weighted by Gasteiger charge is -2.35. The van der Waals surface area contributed by atoms with Gasteiger partial charge in [-0.3, -0.25) is 4.79 Å². The molecule has 0 radical (unpaired) electrons. The van der Waals surface area contributed by atoms with Gasteiger partial charge in [0.25, 0.3) is 0 Å². The van der Waals surface area contributed by atoms with Gasteiger partial charge in [0.15, 0.2) is 0 Å². The minimum atomic E-state index is -0.0609. The number of carbonyl (C=O) groups excluding carboxylic acids is 1. The molecular weight excluding hydrogens is 216 g/mol. The summed E-state index contributed by atoms with van der Waals surface area (Å²) < 4.78 is 5.64. The topological polar surface area (TPSA) is 50.4 Å². The SMILES string of the molecule is CCCCNC(=O)CNC1CCOC(C)(C)C1. The van der Waals surface area contributed by atoms with Crippen molar-refractivity contribution in [2.75, 3.05) is 19.7 Å². The highest BCUT2D eigenvalue weighted by Crippen LogP contribution is 2.23. The quantitative estimate of drug-likeness (QED) is 0.693. The van der Waals surface area contributed by atoms with E-state index in [0.717, 1.165) is 38.8 Å². The number of hydrogen-bond acceptors (Lipinski definition) is 3. The first kappa shape index (κ1) is 14.5. The molecule has 1 aliphatic heterocycles. The molecule has 0 aliphatic carbocycles. The van der Waals surface area contributed by atoms with Gasteiger partial charge in [0.2, 0.25) is 5.91 Å². The van der Waals surface area contributed by atoms with Gasteiger partial charge < -0.3 is 15.4 Å². The first-order chi connectivity index (χ1) is 8.03. The normalized spacial score (nSPS) is 23.4. The van der Waals surface area contributed by atoms with Gasteiger partial charge in [0.05, 0.1) is 12.1 Å². The maximum absolute atomic E-state index is 11.5. The van der Waals surface area contributed by atoms with E-state index in [1.807, 2.05) is 0 Å².